The van der Waals surface area contributed by atoms with E-state index in [2.05, 4.69) is 36.2 Å². The molecule has 0 radical (unpaired) electrons. The molecule has 3 heterocycles. The molecule has 1 aliphatic rings. The van der Waals surface area contributed by atoms with Gasteiger partial charge in [-0.3, -0.25) is 4.79 Å². The fraction of sp³-hybridized carbons (Fsp3) is 0.500. The molecule has 176 valence electrons. The van der Waals surface area contributed by atoms with Gasteiger partial charge in [-0.05, 0) is 83.3 Å². The number of hydrogen-bond donors (Lipinski definition) is 1. The van der Waals surface area contributed by atoms with E-state index in [-0.39, 0.29) is 5.91 Å². The Morgan fingerprint density at radius 3 is 2.70 bits per heavy atom. The van der Waals surface area contributed by atoms with Crippen molar-refractivity contribution in [2.75, 3.05) is 32.8 Å². The first kappa shape index (κ1) is 23.2. The smallest absolute Gasteiger partial charge is 0.220 e. The summed E-state index contributed by atoms with van der Waals surface area (Å²) in [5.41, 5.74) is 5.94. The van der Waals surface area contributed by atoms with Crippen molar-refractivity contribution >= 4 is 16.9 Å². The number of carbonyl (C=O) groups is 1. The molecular weight excluding hydrogens is 414 g/mol. The van der Waals surface area contributed by atoms with E-state index < -0.39 is 0 Å². The molecule has 0 bridgehead atoms. The normalized spacial score (nSPS) is 14.2. The van der Waals surface area contributed by atoms with Crippen LogP contribution in [-0.2, 0) is 11.2 Å². The Morgan fingerprint density at radius 1 is 1.18 bits per heavy atom. The summed E-state index contributed by atoms with van der Waals surface area (Å²) in [5.74, 6) is 0.671. The van der Waals surface area contributed by atoms with Crippen LogP contribution in [0.15, 0.2) is 24.3 Å². The Morgan fingerprint density at radius 2 is 1.97 bits per heavy atom. The van der Waals surface area contributed by atoms with Crippen LogP contribution in [0.2, 0.25) is 0 Å². The second kappa shape index (κ2) is 10.3. The summed E-state index contributed by atoms with van der Waals surface area (Å²) in [6, 6.07) is 8.24. The predicted octanol–water partition coefficient (Wildman–Crippen LogP) is 3.89. The number of pyridine rings is 1. The highest BCUT2D eigenvalue weighted by molar-refractivity contribution is 5.86. The highest BCUT2D eigenvalue weighted by Crippen LogP contribution is 2.32. The molecule has 0 atom stereocenters. The van der Waals surface area contributed by atoms with Gasteiger partial charge in [0.25, 0.3) is 0 Å². The molecule has 7 heteroatoms. The molecule has 2 aromatic heterocycles. The summed E-state index contributed by atoms with van der Waals surface area (Å²) in [7, 11) is 0. The highest BCUT2D eigenvalue weighted by atomic mass is 16.5. The van der Waals surface area contributed by atoms with Crippen molar-refractivity contribution in [2.45, 2.75) is 53.4 Å². The van der Waals surface area contributed by atoms with Gasteiger partial charge >= 0.3 is 0 Å². The number of aromatic nitrogens is 3. The quantitative estimate of drug-likeness (QED) is 0.537. The third kappa shape index (κ3) is 5.19. The zero-order chi connectivity index (χ0) is 23.4. The van der Waals surface area contributed by atoms with Gasteiger partial charge < -0.3 is 15.0 Å². The number of fused-ring (bicyclic) bond motifs is 1. The van der Waals surface area contributed by atoms with Gasteiger partial charge in [-0.25, -0.2) is 4.68 Å². The van der Waals surface area contributed by atoms with Crippen LogP contribution in [0, 0.1) is 20.8 Å². The van der Waals surface area contributed by atoms with Crippen LogP contribution in [0.25, 0.3) is 16.7 Å². The van der Waals surface area contributed by atoms with E-state index in [9.17, 15) is 4.79 Å². The number of nitrogens with zero attached hydrogens (tertiary/aromatic N) is 4. The van der Waals surface area contributed by atoms with Gasteiger partial charge in [-0.2, -0.15) is 10.1 Å². The number of rotatable bonds is 9. The summed E-state index contributed by atoms with van der Waals surface area (Å²) in [6.45, 7) is 12.6. The zero-order valence-electron chi connectivity index (χ0n) is 20.3. The summed E-state index contributed by atoms with van der Waals surface area (Å²) < 4.78 is 7.83. The molecule has 33 heavy (non-hydrogen) atoms. The fourth-order valence-electron chi connectivity index (χ4n) is 4.71. The summed E-state index contributed by atoms with van der Waals surface area (Å²) in [5, 5.41) is 8.90. The molecule has 0 unspecified atom stereocenters. The molecule has 0 aliphatic carbocycles. The Labute approximate surface area is 196 Å². The predicted molar refractivity (Wildman–Crippen MR) is 131 cm³/mol. The van der Waals surface area contributed by atoms with Crippen molar-refractivity contribution in [3.8, 4) is 11.6 Å². The summed E-state index contributed by atoms with van der Waals surface area (Å²) >= 11 is 0. The Balaban J connectivity index is 1.56. The molecule has 1 fully saturated rings. The minimum absolute atomic E-state index is 0.0725. The van der Waals surface area contributed by atoms with E-state index in [1.807, 2.05) is 30.7 Å². The average Bonchev–Trinajstić information content (AvgIpc) is 3.41. The van der Waals surface area contributed by atoms with Crippen molar-refractivity contribution < 1.29 is 9.53 Å². The molecule has 0 spiro atoms. The third-order valence-electron chi connectivity index (χ3n) is 6.41. The lowest BCUT2D eigenvalue weighted by atomic mass is 10.0. The summed E-state index contributed by atoms with van der Waals surface area (Å²) in [4.78, 5) is 19.8. The molecule has 3 aromatic rings. The van der Waals surface area contributed by atoms with E-state index >= 15 is 0 Å². The number of likely N-dealkylation sites (tertiary alicyclic amines) is 1. The highest BCUT2D eigenvalue weighted by Gasteiger charge is 2.21. The van der Waals surface area contributed by atoms with Crippen LogP contribution in [0.1, 0.15) is 48.6 Å². The average molecular weight is 450 g/mol. The van der Waals surface area contributed by atoms with Gasteiger partial charge in [0.2, 0.25) is 11.8 Å². The first-order valence-corrected chi connectivity index (χ1v) is 12.1. The second-order valence-electron chi connectivity index (χ2n) is 8.89. The van der Waals surface area contributed by atoms with E-state index in [0.717, 1.165) is 53.2 Å². The molecule has 1 saturated heterocycles. The molecule has 0 saturated carbocycles. The SMILES string of the molecule is CCOc1nc2c(c(C)nn2-c2cccc(C)c2)c(C)c1CCC(=O)NCCN1CCCC1. The first-order chi connectivity index (χ1) is 16.0. The number of ether oxygens (including phenoxy) is 1. The van der Waals surface area contributed by atoms with Gasteiger partial charge in [0, 0.05) is 30.5 Å². The number of aryl methyl sites for hydroxylation is 3. The van der Waals surface area contributed by atoms with Crippen molar-refractivity contribution in [1.29, 1.82) is 0 Å². The number of nitrogens with one attached hydrogen (secondary N) is 1. The third-order valence-corrected chi connectivity index (χ3v) is 6.41. The molecule has 4 rings (SSSR count). The fourth-order valence-corrected chi connectivity index (χ4v) is 4.71. The lowest BCUT2D eigenvalue weighted by Crippen LogP contribution is -2.33. The molecule has 1 amide bonds. The molecule has 7 nitrogen and oxygen atoms in total. The second-order valence-corrected chi connectivity index (χ2v) is 8.89. The Bertz CT molecular complexity index is 1130. The van der Waals surface area contributed by atoms with Crippen molar-refractivity contribution in [1.82, 2.24) is 25.0 Å². The van der Waals surface area contributed by atoms with Crippen LogP contribution in [0.5, 0.6) is 5.88 Å². The standard InChI is InChI=1S/C26H35N5O2/c1-5-33-26-22(11-12-23(32)27-13-16-30-14-6-7-15-30)19(3)24-20(4)29-31(25(24)28-26)21-10-8-9-18(2)17-21/h8-10,17H,5-7,11-16H2,1-4H3,(H,27,32). The van der Waals surface area contributed by atoms with Gasteiger partial charge in [0.05, 0.1) is 18.0 Å². The molecular formula is C26H35N5O2. The lowest BCUT2D eigenvalue weighted by Gasteiger charge is -2.16. The van der Waals surface area contributed by atoms with E-state index in [0.29, 0.717) is 31.9 Å². The van der Waals surface area contributed by atoms with E-state index in [4.69, 9.17) is 14.8 Å². The zero-order valence-corrected chi connectivity index (χ0v) is 20.3. The van der Waals surface area contributed by atoms with Gasteiger partial charge in [-0.1, -0.05) is 12.1 Å². The van der Waals surface area contributed by atoms with Crippen LogP contribution in [0.3, 0.4) is 0 Å². The molecule has 1 aromatic carbocycles. The Kier molecular flexibility index (Phi) is 7.28. The van der Waals surface area contributed by atoms with E-state index in [1.54, 1.807) is 0 Å². The van der Waals surface area contributed by atoms with Crippen LogP contribution in [-0.4, -0.2) is 58.4 Å². The monoisotopic (exact) mass is 449 g/mol. The number of hydrogen-bond acceptors (Lipinski definition) is 5. The number of amides is 1. The Hall–Kier alpha value is -2.93. The van der Waals surface area contributed by atoms with E-state index in [1.165, 1.54) is 18.4 Å². The molecule has 1 N–H and O–H groups in total. The molecule has 1 aliphatic heterocycles. The van der Waals surface area contributed by atoms with Crippen LogP contribution in [0.4, 0.5) is 0 Å². The van der Waals surface area contributed by atoms with Crippen LogP contribution < -0.4 is 10.1 Å². The summed E-state index contributed by atoms with van der Waals surface area (Å²) in [6.07, 6.45) is 3.54. The maximum Gasteiger partial charge on any atom is 0.220 e. The van der Waals surface area contributed by atoms with Gasteiger partial charge in [-0.15, -0.1) is 0 Å². The minimum atomic E-state index is 0.0725. The topological polar surface area (TPSA) is 72.3 Å². The first-order valence-electron chi connectivity index (χ1n) is 12.1. The minimum Gasteiger partial charge on any atom is -0.478 e. The largest absolute Gasteiger partial charge is 0.478 e. The van der Waals surface area contributed by atoms with Gasteiger partial charge in [0.15, 0.2) is 5.65 Å². The maximum atomic E-state index is 12.5. The lowest BCUT2D eigenvalue weighted by molar-refractivity contribution is -0.121. The number of benzene rings is 1. The van der Waals surface area contributed by atoms with Crippen molar-refractivity contribution in [3.63, 3.8) is 0 Å². The van der Waals surface area contributed by atoms with Crippen LogP contribution >= 0.6 is 0 Å². The number of carbonyl (C=O) groups excluding carboxylic acids is 1. The van der Waals surface area contributed by atoms with Crippen molar-refractivity contribution in [3.05, 3.63) is 46.6 Å². The van der Waals surface area contributed by atoms with Crippen molar-refractivity contribution in [2.24, 2.45) is 0 Å². The maximum absolute atomic E-state index is 12.5. The van der Waals surface area contributed by atoms with Gasteiger partial charge in [0.1, 0.15) is 0 Å².